The summed E-state index contributed by atoms with van der Waals surface area (Å²) in [5.74, 6) is -3.07. The number of thioether (sulfide) groups is 1. The summed E-state index contributed by atoms with van der Waals surface area (Å²) >= 11 is 1.22. The Balaban J connectivity index is 1.86. The van der Waals surface area contributed by atoms with Gasteiger partial charge in [-0.15, -0.1) is 11.8 Å². The maximum Gasteiger partial charge on any atom is 0.166 e. The zero-order valence-corrected chi connectivity index (χ0v) is 15.1. The molecule has 6 heteroatoms. The highest BCUT2D eigenvalue weighted by Crippen LogP contribution is 2.44. The monoisotopic (exact) mass is 385 g/mol. The molecule has 0 bridgehead atoms. The number of nitrogens with zero attached hydrogens (tertiary/aromatic N) is 1. The third kappa shape index (κ3) is 3.32. The molecular weight excluding hydrogens is 371 g/mol. The fourth-order valence-electron chi connectivity index (χ4n) is 2.96. The van der Waals surface area contributed by atoms with Gasteiger partial charge in [-0.2, -0.15) is 0 Å². The molecule has 0 radical (unpaired) electrons. The first-order chi connectivity index (χ1) is 13.0. The molecule has 0 saturated heterocycles. The van der Waals surface area contributed by atoms with Gasteiger partial charge in [0, 0.05) is 28.2 Å². The molecule has 0 aliphatic carbocycles. The van der Waals surface area contributed by atoms with Crippen molar-refractivity contribution >= 4 is 22.7 Å². The Morgan fingerprint density at radius 3 is 2.63 bits per heavy atom. The molecule has 4 aromatic rings. The van der Waals surface area contributed by atoms with Gasteiger partial charge >= 0.3 is 0 Å². The van der Waals surface area contributed by atoms with E-state index in [0.717, 1.165) is 28.0 Å². The van der Waals surface area contributed by atoms with Crippen molar-refractivity contribution in [3.63, 3.8) is 0 Å². The predicted molar refractivity (Wildman–Crippen MR) is 99.2 cm³/mol. The minimum atomic E-state index is -1.19. The molecule has 136 valence electrons. The van der Waals surface area contributed by atoms with E-state index in [1.165, 1.54) is 11.8 Å². The number of furan rings is 1. The molecule has 2 nitrogen and oxygen atoms in total. The maximum atomic E-state index is 14.6. The summed E-state index contributed by atoms with van der Waals surface area (Å²) in [5.41, 5.74) is 1.77. The summed E-state index contributed by atoms with van der Waals surface area (Å²) < 4.78 is 48.4. The minimum Gasteiger partial charge on any atom is -0.464 e. The molecule has 4 rings (SSSR count). The molecule has 2 aromatic carbocycles. The SMILES string of the molecule is Cc1ccncc1C(Sc1ccc2ccoc2c1)c1c(F)ccc(F)c1F. The lowest BCUT2D eigenvalue weighted by atomic mass is 10.0. The smallest absolute Gasteiger partial charge is 0.166 e. The van der Waals surface area contributed by atoms with Crippen LogP contribution in [0.4, 0.5) is 13.2 Å². The van der Waals surface area contributed by atoms with Gasteiger partial charge in [-0.1, -0.05) is 6.07 Å². The summed E-state index contributed by atoms with van der Waals surface area (Å²) in [5, 5.41) is 0.124. The number of halogens is 3. The van der Waals surface area contributed by atoms with Gasteiger partial charge in [-0.25, -0.2) is 13.2 Å². The maximum absolute atomic E-state index is 14.6. The lowest BCUT2D eigenvalue weighted by molar-refractivity contribution is 0.481. The first-order valence-corrected chi connectivity index (χ1v) is 9.10. The molecular formula is C21H14F3NOS. The highest BCUT2D eigenvalue weighted by molar-refractivity contribution is 7.99. The van der Waals surface area contributed by atoms with E-state index in [1.54, 1.807) is 30.8 Å². The molecule has 27 heavy (non-hydrogen) atoms. The number of fused-ring (bicyclic) bond motifs is 1. The molecule has 2 aromatic heterocycles. The molecule has 2 heterocycles. The van der Waals surface area contributed by atoms with Crippen molar-refractivity contribution < 1.29 is 17.6 Å². The lowest BCUT2D eigenvalue weighted by Gasteiger charge is -2.20. The van der Waals surface area contributed by atoms with Crippen LogP contribution in [-0.2, 0) is 0 Å². The van der Waals surface area contributed by atoms with Crippen molar-refractivity contribution in [3.05, 3.63) is 95.3 Å². The number of aromatic nitrogens is 1. The van der Waals surface area contributed by atoms with Crippen LogP contribution in [0.3, 0.4) is 0 Å². The second-order valence-corrected chi connectivity index (χ2v) is 7.29. The highest BCUT2D eigenvalue weighted by Gasteiger charge is 2.27. The fourth-order valence-corrected chi connectivity index (χ4v) is 4.26. The van der Waals surface area contributed by atoms with Gasteiger partial charge in [0.2, 0.25) is 0 Å². The van der Waals surface area contributed by atoms with E-state index in [4.69, 9.17) is 4.42 Å². The molecule has 0 spiro atoms. The summed E-state index contributed by atoms with van der Waals surface area (Å²) in [6.07, 6.45) is 4.74. The first-order valence-electron chi connectivity index (χ1n) is 8.22. The van der Waals surface area contributed by atoms with E-state index < -0.39 is 22.7 Å². The van der Waals surface area contributed by atoms with Crippen LogP contribution in [0.2, 0.25) is 0 Å². The van der Waals surface area contributed by atoms with Crippen molar-refractivity contribution in [3.8, 4) is 0 Å². The van der Waals surface area contributed by atoms with Crippen molar-refractivity contribution in [2.24, 2.45) is 0 Å². The molecule has 1 atom stereocenters. The normalized spacial score (nSPS) is 12.4. The van der Waals surface area contributed by atoms with Crippen LogP contribution in [0, 0.1) is 24.4 Å². The van der Waals surface area contributed by atoms with E-state index >= 15 is 0 Å². The third-order valence-corrected chi connectivity index (χ3v) is 5.64. The van der Waals surface area contributed by atoms with E-state index in [1.807, 2.05) is 25.1 Å². The summed E-state index contributed by atoms with van der Waals surface area (Å²) in [7, 11) is 0. The van der Waals surface area contributed by atoms with Gasteiger partial charge in [0.1, 0.15) is 11.4 Å². The third-order valence-electron chi connectivity index (χ3n) is 4.39. The van der Waals surface area contributed by atoms with Gasteiger partial charge in [-0.05, 0) is 54.4 Å². The first kappa shape index (κ1) is 17.7. The zero-order valence-electron chi connectivity index (χ0n) is 14.2. The van der Waals surface area contributed by atoms with E-state index in [9.17, 15) is 13.2 Å². The summed E-state index contributed by atoms with van der Waals surface area (Å²) in [6.45, 7) is 1.83. The Kier molecular flexibility index (Phi) is 4.66. The van der Waals surface area contributed by atoms with Gasteiger partial charge in [0.05, 0.1) is 11.5 Å². The topological polar surface area (TPSA) is 26.0 Å². The average Bonchev–Trinajstić information content (AvgIpc) is 3.12. The van der Waals surface area contributed by atoms with Crippen molar-refractivity contribution in [2.45, 2.75) is 17.1 Å². The average molecular weight is 385 g/mol. The Hall–Kier alpha value is -2.73. The molecule has 0 N–H and O–H groups in total. The largest absolute Gasteiger partial charge is 0.464 e. The standard InChI is InChI=1S/C21H14F3NOS/c1-12-6-8-25-11-15(12)21(19-16(22)4-5-17(23)20(19)24)27-14-3-2-13-7-9-26-18(13)10-14/h2-11,21H,1H3. The van der Waals surface area contributed by atoms with Gasteiger partial charge < -0.3 is 4.42 Å². The zero-order chi connectivity index (χ0) is 19.0. The van der Waals surface area contributed by atoms with Crippen LogP contribution in [0.1, 0.15) is 21.9 Å². The van der Waals surface area contributed by atoms with Gasteiger partial charge in [-0.3, -0.25) is 4.98 Å². The van der Waals surface area contributed by atoms with Crippen LogP contribution >= 0.6 is 11.8 Å². The second kappa shape index (κ2) is 7.12. The molecule has 0 saturated carbocycles. The van der Waals surface area contributed by atoms with Crippen LogP contribution in [0.5, 0.6) is 0 Å². The van der Waals surface area contributed by atoms with Crippen LogP contribution in [0.25, 0.3) is 11.0 Å². The van der Waals surface area contributed by atoms with Crippen molar-refractivity contribution in [1.82, 2.24) is 4.98 Å². The van der Waals surface area contributed by atoms with Crippen LogP contribution < -0.4 is 0 Å². The molecule has 0 amide bonds. The van der Waals surface area contributed by atoms with E-state index in [-0.39, 0.29) is 5.56 Å². The van der Waals surface area contributed by atoms with Crippen molar-refractivity contribution in [1.29, 1.82) is 0 Å². The number of benzene rings is 2. The molecule has 0 fully saturated rings. The van der Waals surface area contributed by atoms with Gasteiger partial charge in [0.15, 0.2) is 11.6 Å². The number of rotatable bonds is 4. The predicted octanol–water partition coefficient (Wildman–Crippen LogP) is 6.44. The molecule has 0 aliphatic rings. The van der Waals surface area contributed by atoms with E-state index in [2.05, 4.69) is 4.98 Å². The van der Waals surface area contributed by atoms with Crippen LogP contribution in [-0.4, -0.2) is 4.98 Å². The Labute approximate surface area is 158 Å². The lowest BCUT2D eigenvalue weighted by Crippen LogP contribution is -2.07. The quantitative estimate of drug-likeness (QED) is 0.299. The number of pyridine rings is 1. The van der Waals surface area contributed by atoms with Crippen LogP contribution in [0.15, 0.2) is 70.4 Å². The fraction of sp³-hybridized carbons (Fsp3) is 0.0952. The van der Waals surface area contributed by atoms with E-state index in [0.29, 0.717) is 11.1 Å². The number of hydrogen-bond donors (Lipinski definition) is 0. The summed E-state index contributed by atoms with van der Waals surface area (Å²) in [4.78, 5) is 4.83. The Bertz CT molecular complexity index is 1130. The Morgan fingerprint density at radius 1 is 1.00 bits per heavy atom. The minimum absolute atomic E-state index is 0.323. The summed E-state index contributed by atoms with van der Waals surface area (Å²) in [6, 6.07) is 10.8. The second-order valence-electron chi connectivity index (χ2n) is 6.11. The molecule has 0 aliphatic heterocycles. The number of aryl methyl sites for hydroxylation is 1. The number of hydrogen-bond acceptors (Lipinski definition) is 3. The Morgan fingerprint density at radius 2 is 1.81 bits per heavy atom. The van der Waals surface area contributed by atoms with Crippen molar-refractivity contribution in [2.75, 3.05) is 0 Å². The van der Waals surface area contributed by atoms with Gasteiger partial charge in [0.25, 0.3) is 0 Å². The highest BCUT2D eigenvalue weighted by atomic mass is 32.2. The molecule has 1 unspecified atom stereocenters.